The SMILES string of the molecule is c1ccc(CN(Cc2ccccc2)c2ccnc3nc4ccccc4n23)cc1. The zero-order valence-corrected chi connectivity index (χ0v) is 15.4. The molecular weight excluding hydrogens is 344 g/mol. The number of nitrogens with zero attached hydrogens (tertiary/aromatic N) is 4. The van der Waals surface area contributed by atoms with Crippen molar-refractivity contribution in [3.05, 3.63) is 108 Å². The highest BCUT2D eigenvalue weighted by Gasteiger charge is 2.15. The zero-order chi connectivity index (χ0) is 18.8. The van der Waals surface area contributed by atoms with E-state index in [0.717, 1.165) is 35.7 Å². The summed E-state index contributed by atoms with van der Waals surface area (Å²) < 4.78 is 2.15. The maximum absolute atomic E-state index is 4.70. The summed E-state index contributed by atoms with van der Waals surface area (Å²) in [5.74, 6) is 1.82. The molecule has 0 N–H and O–H groups in total. The first-order valence-electron chi connectivity index (χ1n) is 9.43. The Hall–Kier alpha value is -3.66. The molecule has 0 atom stereocenters. The Morgan fingerprint density at radius 1 is 0.679 bits per heavy atom. The van der Waals surface area contributed by atoms with Gasteiger partial charge in [0.15, 0.2) is 0 Å². The van der Waals surface area contributed by atoms with Crippen LogP contribution < -0.4 is 4.90 Å². The number of hydrogen-bond acceptors (Lipinski definition) is 3. The van der Waals surface area contributed by atoms with Gasteiger partial charge in [0.1, 0.15) is 5.82 Å². The molecule has 0 aliphatic rings. The molecule has 0 fully saturated rings. The van der Waals surface area contributed by atoms with E-state index < -0.39 is 0 Å². The minimum absolute atomic E-state index is 0.727. The molecule has 136 valence electrons. The van der Waals surface area contributed by atoms with E-state index in [1.54, 1.807) is 0 Å². The summed E-state index contributed by atoms with van der Waals surface area (Å²) in [7, 11) is 0. The van der Waals surface area contributed by atoms with Gasteiger partial charge in [0.2, 0.25) is 5.78 Å². The Kier molecular flexibility index (Phi) is 4.22. The van der Waals surface area contributed by atoms with Crippen LogP contribution in [0.1, 0.15) is 11.1 Å². The lowest BCUT2D eigenvalue weighted by Gasteiger charge is -2.26. The van der Waals surface area contributed by atoms with Crippen LogP contribution in [-0.4, -0.2) is 14.4 Å². The second kappa shape index (κ2) is 7.16. The molecule has 0 aliphatic heterocycles. The van der Waals surface area contributed by atoms with Crippen LogP contribution in [0.25, 0.3) is 16.8 Å². The summed E-state index contributed by atoms with van der Waals surface area (Å²) in [6.07, 6.45) is 1.85. The van der Waals surface area contributed by atoms with Gasteiger partial charge in [-0.25, -0.2) is 9.97 Å². The van der Waals surface area contributed by atoms with Crippen molar-refractivity contribution in [3.63, 3.8) is 0 Å². The Morgan fingerprint density at radius 3 is 1.96 bits per heavy atom. The van der Waals surface area contributed by atoms with Crippen LogP contribution in [0.2, 0.25) is 0 Å². The molecule has 5 rings (SSSR count). The fraction of sp³-hybridized carbons (Fsp3) is 0.0833. The summed E-state index contributed by atoms with van der Waals surface area (Å²) >= 11 is 0. The molecule has 3 aromatic carbocycles. The maximum atomic E-state index is 4.70. The van der Waals surface area contributed by atoms with Crippen LogP contribution >= 0.6 is 0 Å². The van der Waals surface area contributed by atoms with Gasteiger partial charge in [0, 0.05) is 19.3 Å². The van der Waals surface area contributed by atoms with Gasteiger partial charge in [-0.1, -0.05) is 72.8 Å². The van der Waals surface area contributed by atoms with Crippen molar-refractivity contribution in [2.24, 2.45) is 0 Å². The minimum Gasteiger partial charge on any atom is -0.349 e. The zero-order valence-electron chi connectivity index (χ0n) is 15.4. The summed E-state index contributed by atoms with van der Waals surface area (Å²) in [5, 5.41) is 0. The molecule has 0 saturated heterocycles. The first-order valence-corrected chi connectivity index (χ1v) is 9.43. The van der Waals surface area contributed by atoms with Gasteiger partial charge in [0.05, 0.1) is 11.0 Å². The van der Waals surface area contributed by atoms with E-state index >= 15 is 0 Å². The predicted molar refractivity (Wildman–Crippen MR) is 113 cm³/mol. The number of para-hydroxylation sites is 2. The van der Waals surface area contributed by atoms with Gasteiger partial charge in [0.25, 0.3) is 0 Å². The summed E-state index contributed by atoms with van der Waals surface area (Å²) in [6.45, 7) is 1.61. The van der Waals surface area contributed by atoms with Crippen LogP contribution in [-0.2, 0) is 13.1 Å². The molecule has 2 aromatic heterocycles. The summed E-state index contributed by atoms with van der Waals surface area (Å²) in [4.78, 5) is 11.6. The molecular formula is C24H20N4. The molecule has 4 nitrogen and oxygen atoms in total. The van der Waals surface area contributed by atoms with Gasteiger partial charge < -0.3 is 4.90 Å². The fourth-order valence-electron chi connectivity index (χ4n) is 3.64. The van der Waals surface area contributed by atoms with Gasteiger partial charge in [-0.05, 0) is 29.3 Å². The Morgan fingerprint density at radius 2 is 1.29 bits per heavy atom. The van der Waals surface area contributed by atoms with Crippen molar-refractivity contribution in [1.82, 2.24) is 14.4 Å². The van der Waals surface area contributed by atoms with Crippen LogP contribution in [0.3, 0.4) is 0 Å². The van der Waals surface area contributed by atoms with Crippen molar-refractivity contribution in [1.29, 1.82) is 0 Å². The number of rotatable bonds is 5. The molecule has 0 aliphatic carbocycles. The predicted octanol–water partition coefficient (Wildman–Crippen LogP) is 5.09. The van der Waals surface area contributed by atoms with Crippen LogP contribution in [0, 0.1) is 0 Å². The molecule has 4 heteroatoms. The highest BCUT2D eigenvalue weighted by molar-refractivity contribution is 5.81. The van der Waals surface area contributed by atoms with Gasteiger partial charge >= 0.3 is 0 Å². The first kappa shape index (κ1) is 16.5. The van der Waals surface area contributed by atoms with Crippen LogP contribution in [0.5, 0.6) is 0 Å². The van der Waals surface area contributed by atoms with E-state index in [-0.39, 0.29) is 0 Å². The highest BCUT2D eigenvalue weighted by atomic mass is 15.3. The third kappa shape index (κ3) is 3.09. The standard InChI is InChI=1S/C24H20N4/c1-3-9-19(10-4-1)17-27(18-20-11-5-2-6-12-20)23-15-16-25-24-26-21-13-7-8-14-22(21)28(23)24/h1-16H,17-18H2. The summed E-state index contributed by atoms with van der Waals surface area (Å²) in [5.41, 5.74) is 4.58. The molecule has 0 spiro atoms. The minimum atomic E-state index is 0.727. The Labute approximate surface area is 163 Å². The Bertz CT molecular complexity index is 1170. The summed E-state index contributed by atoms with van der Waals surface area (Å²) in [6, 6.07) is 31.4. The maximum Gasteiger partial charge on any atom is 0.236 e. The third-order valence-corrected chi connectivity index (χ3v) is 4.94. The monoisotopic (exact) mass is 364 g/mol. The largest absolute Gasteiger partial charge is 0.349 e. The average Bonchev–Trinajstić information content (AvgIpc) is 3.14. The first-order chi connectivity index (χ1) is 13.9. The quantitative estimate of drug-likeness (QED) is 0.436. The molecule has 2 heterocycles. The molecule has 0 bridgehead atoms. The Balaban J connectivity index is 1.66. The smallest absolute Gasteiger partial charge is 0.236 e. The number of aromatic nitrogens is 3. The second-order valence-corrected chi connectivity index (χ2v) is 6.87. The molecule has 28 heavy (non-hydrogen) atoms. The molecule has 0 saturated carbocycles. The lowest BCUT2D eigenvalue weighted by Crippen LogP contribution is -2.24. The number of anilines is 1. The third-order valence-electron chi connectivity index (χ3n) is 4.94. The van der Waals surface area contributed by atoms with Crippen LogP contribution in [0.4, 0.5) is 5.82 Å². The molecule has 0 amide bonds. The van der Waals surface area contributed by atoms with Gasteiger partial charge in [-0.2, -0.15) is 0 Å². The van der Waals surface area contributed by atoms with Crippen molar-refractivity contribution in [2.45, 2.75) is 13.1 Å². The highest BCUT2D eigenvalue weighted by Crippen LogP contribution is 2.25. The second-order valence-electron chi connectivity index (χ2n) is 6.87. The fourth-order valence-corrected chi connectivity index (χ4v) is 3.64. The van der Waals surface area contributed by atoms with Gasteiger partial charge in [-0.15, -0.1) is 0 Å². The van der Waals surface area contributed by atoms with E-state index in [4.69, 9.17) is 4.98 Å². The van der Waals surface area contributed by atoms with Crippen molar-refractivity contribution in [3.8, 4) is 0 Å². The number of fused-ring (bicyclic) bond motifs is 3. The molecule has 5 aromatic rings. The van der Waals surface area contributed by atoms with E-state index in [1.165, 1.54) is 11.1 Å². The normalized spacial score (nSPS) is 11.1. The van der Waals surface area contributed by atoms with Crippen LogP contribution in [0.15, 0.2) is 97.2 Å². The van der Waals surface area contributed by atoms with E-state index in [0.29, 0.717) is 0 Å². The molecule has 0 unspecified atom stereocenters. The van der Waals surface area contributed by atoms with Crippen molar-refractivity contribution < 1.29 is 0 Å². The lowest BCUT2D eigenvalue weighted by atomic mass is 10.1. The van der Waals surface area contributed by atoms with Crippen molar-refractivity contribution >= 4 is 22.6 Å². The van der Waals surface area contributed by atoms with E-state index in [1.807, 2.05) is 24.4 Å². The lowest BCUT2D eigenvalue weighted by molar-refractivity contribution is 0.775. The molecule has 0 radical (unpaired) electrons. The van der Waals surface area contributed by atoms with E-state index in [2.05, 4.69) is 87.1 Å². The number of benzene rings is 3. The topological polar surface area (TPSA) is 33.4 Å². The number of imidazole rings is 1. The van der Waals surface area contributed by atoms with E-state index in [9.17, 15) is 0 Å². The van der Waals surface area contributed by atoms with Gasteiger partial charge in [-0.3, -0.25) is 4.40 Å². The average molecular weight is 364 g/mol. The van der Waals surface area contributed by atoms with Crippen molar-refractivity contribution in [2.75, 3.05) is 4.90 Å². The number of hydrogen-bond donors (Lipinski definition) is 0.